The van der Waals surface area contributed by atoms with Gasteiger partial charge in [-0.1, -0.05) is 30.3 Å². The van der Waals surface area contributed by atoms with Gasteiger partial charge in [-0.25, -0.2) is 9.59 Å². The highest BCUT2D eigenvalue weighted by atomic mass is 16.6. The van der Waals surface area contributed by atoms with Crippen molar-refractivity contribution in [2.45, 2.75) is 82.6 Å². The van der Waals surface area contributed by atoms with E-state index in [1.807, 2.05) is 26.8 Å². The van der Waals surface area contributed by atoms with E-state index in [9.17, 15) is 19.7 Å². The van der Waals surface area contributed by atoms with Crippen LogP contribution < -0.4 is 0 Å². The molecular weight excluding hydrogens is 488 g/mol. The van der Waals surface area contributed by atoms with E-state index in [1.165, 1.54) is 29.8 Å². The lowest BCUT2D eigenvalue weighted by molar-refractivity contribution is -0.384. The van der Waals surface area contributed by atoms with Crippen LogP contribution in [0.2, 0.25) is 0 Å². The zero-order chi connectivity index (χ0) is 27.3. The van der Waals surface area contributed by atoms with E-state index in [2.05, 4.69) is 24.3 Å². The molecule has 38 heavy (non-hydrogen) atoms. The van der Waals surface area contributed by atoms with Crippen molar-refractivity contribution in [3.63, 3.8) is 0 Å². The molecule has 0 aromatic heterocycles. The molecular formula is C29H36N2O7. The molecule has 2 atom stereocenters. The molecule has 0 radical (unpaired) electrons. The van der Waals surface area contributed by atoms with Crippen LogP contribution in [-0.2, 0) is 14.2 Å². The maximum Gasteiger partial charge on any atom is 0.410 e. The van der Waals surface area contributed by atoms with E-state index in [0.29, 0.717) is 18.9 Å². The second-order valence-electron chi connectivity index (χ2n) is 11.0. The summed E-state index contributed by atoms with van der Waals surface area (Å²) < 4.78 is 17.7. The smallest absolute Gasteiger partial charge is 0.410 e. The molecule has 1 aliphatic heterocycles. The Balaban J connectivity index is 1.39. The number of hydrogen-bond donors (Lipinski definition) is 0. The van der Waals surface area contributed by atoms with Crippen molar-refractivity contribution in [1.82, 2.24) is 4.90 Å². The van der Waals surface area contributed by atoms with Gasteiger partial charge in [0.1, 0.15) is 11.7 Å². The maximum absolute atomic E-state index is 13.0. The number of esters is 1. The van der Waals surface area contributed by atoms with E-state index < -0.39 is 34.7 Å². The van der Waals surface area contributed by atoms with E-state index in [0.717, 1.165) is 25.7 Å². The predicted molar refractivity (Wildman–Crippen MR) is 141 cm³/mol. The Morgan fingerprint density at radius 2 is 1.63 bits per heavy atom. The Bertz CT molecular complexity index is 1110. The minimum absolute atomic E-state index is 0.0714. The van der Waals surface area contributed by atoms with E-state index >= 15 is 0 Å². The molecule has 2 aliphatic rings. The molecule has 204 valence electrons. The lowest BCUT2D eigenvalue weighted by Gasteiger charge is -2.33. The largest absolute Gasteiger partial charge is 0.456 e. The highest BCUT2D eigenvalue weighted by Gasteiger charge is 2.42. The van der Waals surface area contributed by atoms with Gasteiger partial charge >= 0.3 is 12.1 Å². The van der Waals surface area contributed by atoms with Crippen LogP contribution in [0.15, 0.2) is 54.6 Å². The Kier molecular flexibility index (Phi) is 8.66. The molecule has 9 heteroatoms. The van der Waals surface area contributed by atoms with Crippen LogP contribution in [0.3, 0.4) is 0 Å². The fourth-order valence-electron chi connectivity index (χ4n) is 5.15. The summed E-state index contributed by atoms with van der Waals surface area (Å²) in [6.07, 6.45) is 3.40. The van der Waals surface area contributed by atoms with E-state index in [1.54, 1.807) is 4.90 Å². The van der Waals surface area contributed by atoms with Crippen molar-refractivity contribution in [2.24, 2.45) is 0 Å². The number of nitro benzene ring substituents is 1. The average Bonchev–Trinajstić information content (AvgIpc) is 3.29. The fourth-order valence-corrected chi connectivity index (χ4v) is 5.15. The first-order valence-corrected chi connectivity index (χ1v) is 13.2. The summed E-state index contributed by atoms with van der Waals surface area (Å²) in [6, 6.07) is 15.3. The van der Waals surface area contributed by atoms with Crippen LogP contribution in [0.25, 0.3) is 0 Å². The van der Waals surface area contributed by atoms with Gasteiger partial charge in [-0.05, 0) is 70.1 Å². The van der Waals surface area contributed by atoms with Gasteiger partial charge in [-0.15, -0.1) is 0 Å². The monoisotopic (exact) mass is 524 g/mol. The maximum atomic E-state index is 13.0. The van der Waals surface area contributed by atoms with Gasteiger partial charge in [0.05, 0.1) is 29.2 Å². The fraction of sp³-hybridized carbons (Fsp3) is 0.517. The Hall–Kier alpha value is -3.46. The van der Waals surface area contributed by atoms with Gasteiger partial charge in [-0.3, -0.25) is 15.0 Å². The number of nitro groups is 1. The lowest BCUT2D eigenvalue weighted by Crippen LogP contribution is -2.46. The summed E-state index contributed by atoms with van der Waals surface area (Å²) >= 11 is 0. The number of likely N-dealkylation sites (tertiary alicyclic amines) is 1. The van der Waals surface area contributed by atoms with Crippen molar-refractivity contribution >= 4 is 17.7 Å². The third kappa shape index (κ3) is 7.10. The second-order valence-corrected chi connectivity index (χ2v) is 11.0. The van der Waals surface area contributed by atoms with Gasteiger partial charge in [0, 0.05) is 25.1 Å². The summed E-state index contributed by atoms with van der Waals surface area (Å²) in [7, 11) is 0. The first kappa shape index (κ1) is 27.6. The molecule has 9 nitrogen and oxygen atoms in total. The van der Waals surface area contributed by atoms with Crippen LogP contribution in [0.5, 0.6) is 0 Å². The molecule has 0 spiro atoms. The van der Waals surface area contributed by atoms with E-state index in [4.69, 9.17) is 14.2 Å². The number of nitrogens with zero attached hydrogens (tertiary/aromatic N) is 2. The number of ether oxygens (including phenoxy) is 3. The van der Waals surface area contributed by atoms with Crippen LogP contribution in [0.4, 0.5) is 10.5 Å². The Morgan fingerprint density at radius 3 is 2.24 bits per heavy atom. The minimum Gasteiger partial charge on any atom is -0.456 e. The number of carbonyl (C=O) groups excluding carboxylic acids is 2. The third-order valence-corrected chi connectivity index (χ3v) is 7.13. The molecule has 1 saturated carbocycles. The predicted octanol–water partition coefficient (Wildman–Crippen LogP) is 5.87. The second kappa shape index (κ2) is 11.9. The number of carbonyl (C=O) groups is 2. The SMILES string of the molecule is CC(C)(C)OC(=O)N1CC[C@@H](OC(=O)c2ccc([N+](=O)[O-])cc2)[C@@H]1COC1CCC(c2ccccc2)CC1. The molecule has 1 saturated heterocycles. The molecule has 0 bridgehead atoms. The first-order chi connectivity index (χ1) is 18.1. The summed E-state index contributed by atoms with van der Waals surface area (Å²) in [5, 5.41) is 10.9. The van der Waals surface area contributed by atoms with Crippen LogP contribution in [0, 0.1) is 10.1 Å². The van der Waals surface area contributed by atoms with Gasteiger partial charge < -0.3 is 14.2 Å². The van der Waals surface area contributed by atoms with Gasteiger partial charge in [0.25, 0.3) is 5.69 Å². The Labute approximate surface area is 223 Å². The third-order valence-electron chi connectivity index (χ3n) is 7.13. The van der Waals surface area contributed by atoms with Crippen molar-refractivity contribution in [2.75, 3.05) is 13.2 Å². The average molecular weight is 525 g/mol. The standard InChI is InChI=1S/C29H36N2O7/c1-29(2,3)38-28(33)30-18-17-26(37-27(32)22-9-13-23(14-10-22)31(34)35)25(30)19-36-24-15-11-21(12-16-24)20-7-5-4-6-8-20/h4-10,13-14,21,24-26H,11-12,15-19H2,1-3H3/t21?,24?,25-,26+/m0/s1. The molecule has 4 rings (SSSR count). The van der Waals surface area contributed by atoms with Crippen molar-refractivity contribution in [1.29, 1.82) is 0 Å². The van der Waals surface area contributed by atoms with Crippen molar-refractivity contribution in [3.8, 4) is 0 Å². The first-order valence-electron chi connectivity index (χ1n) is 13.2. The number of benzene rings is 2. The topological polar surface area (TPSA) is 108 Å². The van der Waals surface area contributed by atoms with E-state index in [-0.39, 0.29) is 24.0 Å². The summed E-state index contributed by atoms with van der Waals surface area (Å²) in [4.78, 5) is 37.8. The van der Waals surface area contributed by atoms with Crippen molar-refractivity contribution in [3.05, 3.63) is 75.8 Å². The van der Waals surface area contributed by atoms with Crippen LogP contribution in [-0.4, -0.2) is 58.9 Å². The van der Waals surface area contributed by atoms with Crippen molar-refractivity contribution < 1.29 is 28.7 Å². The minimum atomic E-state index is -0.661. The summed E-state index contributed by atoms with van der Waals surface area (Å²) in [5.41, 5.74) is 0.805. The quantitative estimate of drug-likeness (QED) is 0.253. The van der Waals surface area contributed by atoms with Gasteiger partial charge in [0.15, 0.2) is 0 Å². The normalized spacial score (nSPS) is 23.6. The highest BCUT2D eigenvalue weighted by molar-refractivity contribution is 5.89. The highest BCUT2D eigenvalue weighted by Crippen LogP contribution is 2.34. The molecule has 2 aromatic rings. The number of non-ortho nitro benzene ring substituents is 1. The van der Waals surface area contributed by atoms with Gasteiger partial charge in [-0.2, -0.15) is 0 Å². The molecule has 1 heterocycles. The summed E-state index contributed by atoms with van der Waals surface area (Å²) in [6.45, 7) is 6.04. The summed E-state index contributed by atoms with van der Waals surface area (Å²) in [5.74, 6) is -0.0690. The number of rotatable bonds is 7. The van der Waals surface area contributed by atoms with Crippen LogP contribution >= 0.6 is 0 Å². The zero-order valence-electron chi connectivity index (χ0n) is 22.2. The molecule has 1 aliphatic carbocycles. The Morgan fingerprint density at radius 1 is 0.974 bits per heavy atom. The molecule has 1 amide bonds. The zero-order valence-corrected chi connectivity index (χ0v) is 22.2. The molecule has 0 N–H and O–H groups in total. The lowest BCUT2D eigenvalue weighted by atomic mass is 9.83. The van der Waals surface area contributed by atoms with Crippen LogP contribution in [0.1, 0.15) is 74.7 Å². The molecule has 2 aromatic carbocycles. The molecule has 0 unspecified atom stereocenters. The number of hydrogen-bond acceptors (Lipinski definition) is 7. The van der Waals surface area contributed by atoms with Gasteiger partial charge in [0.2, 0.25) is 0 Å². The molecule has 2 fully saturated rings. The number of amides is 1.